The molecule has 0 saturated heterocycles. The molecule has 0 heterocycles. The molecule has 0 atom stereocenters. The van der Waals surface area contributed by atoms with Crippen molar-refractivity contribution < 1.29 is 9.53 Å². The van der Waals surface area contributed by atoms with Crippen LogP contribution in [0.1, 0.15) is 30.6 Å². The van der Waals surface area contributed by atoms with E-state index in [1.165, 1.54) is 0 Å². The largest absolute Gasteiger partial charge is 0.398 e. The van der Waals surface area contributed by atoms with Crippen molar-refractivity contribution in [3.8, 4) is 0 Å². The molecule has 0 unspecified atom stereocenters. The van der Waals surface area contributed by atoms with Gasteiger partial charge in [-0.1, -0.05) is 26.0 Å². The van der Waals surface area contributed by atoms with Crippen molar-refractivity contribution in [2.75, 3.05) is 25.5 Å². The van der Waals surface area contributed by atoms with Gasteiger partial charge in [-0.3, -0.25) is 4.79 Å². The summed E-state index contributed by atoms with van der Waals surface area (Å²) in [6, 6.07) is 7.03. The Bertz CT molecular complexity index is 378. The molecule has 0 aromatic heterocycles. The minimum Gasteiger partial charge on any atom is -0.398 e. The average Bonchev–Trinajstić information content (AvgIpc) is 2.33. The monoisotopic (exact) mass is 250 g/mol. The molecule has 100 valence electrons. The van der Waals surface area contributed by atoms with Crippen LogP contribution in [0, 0.1) is 5.92 Å². The van der Waals surface area contributed by atoms with Crippen molar-refractivity contribution in [3.05, 3.63) is 29.8 Å². The number of nitrogens with two attached hydrogens (primary N) is 1. The number of para-hydroxylation sites is 1. The first-order chi connectivity index (χ1) is 8.61. The second-order valence-corrected chi connectivity index (χ2v) is 4.64. The van der Waals surface area contributed by atoms with E-state index in [2.05, 4.69) is 19.2 Å². The van der Waals surface area contributed by atoms with Crippen LogP contribution in [0.5, 0.6) is 0 Å². The van der Waals surface area contributed by atoms with Crippen LogP contribution in [0.15, 0.2) is 24.3 Å². The second-order valence-electron chi connectivity index (χ2n) is 4.64. The van der Waals surface area contributed by atoms with E-state index >= 15 is 0 Å². The van der Waals surface area contributed by atoms with Crippen LogP contribution in [0.2, 0.25) is 0 Å². The van der Waals surface area contributed by atoms with Crippen molar-refractivity contribution >= 4 is 11.6 Å². The summed E-state index contributed by atoms with van der Waals surface area (Å²) in [5.41, 5.74) is 6.72. The average molecular weight is 250 g/mol. The van der Waals surface area contributed by atoms with Crippen molar-refractivity contribution in [2.24, 2.45) is 5.92 Å². The van der Waals surface area contributed by atoms with Crippen LogP contribution in [-0.2, 0) is 4.74 Å². The predicted molar refractivity (Wildman–Crippen MR) is 73.5 cm³/mol. The Hall–Kier alpha value is -1.55. The van der Waals surface area contributed by atoms with Gasteiger partial charge in [0.05, 0.1) is 12.2 Å². The highest BCUT2D eigenvalue weighted by Gasteiger charge is 2.07. The van der Waals surface area contributed by atoms with Gasteiger partial charge in [-0.2, -0.15) is 0 Å². The quantitative estimate of drug-likeness (QED) is 0.575. The zero-order valence-electron chi connectivity index (χ0n) is 11.1. The van der Waals surface area contributed by atoms with Crippen LogP contribution < -0.4 is 11.1 Å². The van der Waals surface area contributed by atoms with E-state index in [4.69, 9.17) is 10.5 Å². The topological polar surface area (TPSA) is 64.3 Å². The van der Waals surface area contributed by atoms with Crippen LogP contribution >= 0.6 is 0 Å². The maximum absolute atomic E-state index is 11.8. The van der Waals surface area contributed by atoms with Gasteiger partial charge >= 0.3 is 0 Å². The fourth-order valence-electron chi connectivity index (χ4n) is 1.46. The molecular formula is C14H22N2O2. The number of carbonyl (C=O) groups is 1. The zero-order valence-corrected chi connectivity index (χ0v) is 11.1. The van der Waals surface area contributed by atoms with Gasteiger partial charge in [0.15, 0.2) is 0 Å². The summed E-state index contributed by atoms with van der Waals surface area (Å²) < 4.78 is 5.42. The maximum Gasteiger partial charge on any atom is 0.253 e. The molecule has 1 aromatic rings. The molecule has 0 aliphatic carbocycles. The number of hydrogen-bond acceptors (Lipinski definition) is 3. The molecule has 0 radical (unpaired) electrons. The Labute approximate surface area is 109 Å². The summed E-state index contributed by atoms with van der Waals surface area (Å²) >= 11 is 0. The van der Waals surface area contributed by atoms with E-state index in [9.17, 15) is 4.79 Å². The molecule has 0 bridgehead atoms. The first-order valence-corrected chi connectivity index (χ1v) is 6.31. The van der Waals surface area contributed by atoms with Crippen molar-refractivity contribution in [1.82, 2.24) is 5.32 Å². The smallest absolute Gasteiger partial charge is 0.253 e. The number of rotatable bonds is 7. The van der Waals surface area contributed by atoms with E-state index in [1.807, 2.05) is 0 Å². The number of amides is 1. The molecule has 0 spiro atoms. The highest BCUT2D eigenvalue weighted by molar-refractivity contribution is 5.98. The van der Waals surface area contributed by atoms with Gasteiger partial charge in [0.1, 0.15) is 0 Å². The molecule has 4 nitrogen and oxygen atoms in total. The van der Waals surface area contributed by atoms with Crippen LogP contribution in [0.25, 0.3) is 0 Å². The predicted octanol–water partition coefficient (Wildman–Crippen LogP) is 2.06. The molecular weight excluding hydrogens is 228 g/mol. The minimum absolute atomic E-state index is 0.152. The summed E-state index contributed by atoms with van der Waals surface area (Å²) in [5, 5.41) is 2.78. The summed E-state index contributed by atoms with van der Waals surface area (Å²) in [5.74, 6) is 0.490. The number of anilines is 1. The summed E-state index contributed by atoms with van der Waals surface area (Å²) in [4.78, 5) is 11.8. The Morgan fingerprint density at radius 3 is 2.72 bits per heavy atom. The zero-order chi connectivity index (χ0) is 13.4. The third-order valence-corrected chi connectivity index (χ3v) is 2.58. The maximum atomic E-state index is 11.8. The van der Waals surface area contributed by atoms with E-state index in [0.29, 0.717) is 30.3 Å². The van der Waals surface area contributed by atoms with E-state index < -0.39 is 0 Å². The second kappa shape index (κ2) is 7.71. The third kappa shape index (κ3) is 5.19. The van der Waals surface area contributed by atoms with Gasteiger partial charge in [0.2, 0.25) is 0 Å². The van der Waals surface area contributed by atoms with Gasteiger partial charge in [-0.05, 0) is 24.5 Å². The van der Waals surface area contributed by atoms with Gasteiger partial charge in [-0.25, -0.2) is 0 Å². The fraction of sp³-hybridized carbons (Fsp3) is 0.500. The molecule has 4 heteroatoms. The summed E-state index contributed by atoms with van der Waals surface area (Å²) in [6.07, 6.45) is 1.04. The minimum atomic E-state index is -0.152. The van der Waals surface area contributed by atoms with E-state index in [-0.39, 0.29) is 5.91 Å². The van der Waals surface area contributed by atoms with Gasteiger partial charge in [0, 0.05) is 18.8 Å². The molecule has 1 aromatic carbocycles. The summed E-state index contributed by atoms with van der Waals surface area (Å²) in [7, 11) is 0. The number of nitrogen functional groups attached to an aromatic ring is 1. The van der Waals surface area contributed by atoms with Gasteiger partial charge in [0.25, 0.3) is 5.91 Å². The van der Waals surface area contributed by atoms with Crippen LogP contribution in [-0.4, -0.2) is 25.7 Å². The lowest BCUT2D eigenvalue weighted by atomic mass is 10.1. The normalized spacial score (nSPS) is 10.6. The number of carbonyl (C=O) groups excluding carboxylic acids is 1. The van der Waals surface area contributed by atoms with Crippen LogP contribution in [0.4, 0.5) is 5.69 Å². The Morgan fingerprint density at radius 2 is 2.06 bits per heavy atom. The number of nitrogens with one attached hydrogen (secondary N) is 1. The van der Waals surface area contributed by atoms with Crippen LogP contribution in [0.3, 0.4) is 0 Å². The molecule has 0 aliphatic rings. The lowest BCUT2D eigenvalue weighted by Crippen LogP contribution is -2.28. The molecule has 1 amide bonds. The SMILES string of the molecule is CC(C)CCOCCNC(=O)c1ccccc1N. The van der Waals surface area contributed by atoms with E-state index in [1.54, 1.807) is 24.3 Å². The van der Waals surface area contributed by atoms with Crippen molar-refractivity contribution in [2.45, 2.75) is 20.3 Å². The highest BCUT2D eigenvalue weighted by atomic mass is 16.5. The molecule has 18 heavy (non-hydrogen) atoms. The molecule has 0 saturated carbocycles. The lowest BCUT2D eigenvalue weighted by molar-refractivity contribution is 0.0906. The number of ether oxygens (including phenoxy) is 1. The molecule has 0 fully saturated rings. The lowest BCUT2D eigenvalue weighted by Gasteiger charge is -2.08. The van der Waals surface area contributed by atoms with Crippen molar-refractivity contribution in [3.63, 3.8) is 0 Å². The Balaban J connectivity index is 2.20. The standard InChI is InChI=1S/C14H22N2O2/c1-11(2)7-9-18-10-8-16-14(17)12-5-3-4-6-13(12)15/h3-6,11H,7-10,15H2,1-2H3,(H,16,17). The molecule has 1 rings (SSSR count). The Kier molecular flexibility index (Phi) is 6.22. The number of hydrogen-bond donors (Lipinski definition) is 2. The molecule has 3 N–H and O–H groups in total. The highest BCUT2D eigenvalue weighted by Crippen LogP contribution is 2.09. The first-order valence-electron chi connectivity index (χ1n) is 6.31. The third-order valence-electron chi connectivity index (χ3n) is 2.58. The molecule has 0 aliphatic heterocycles. The number of benzene rings is 1. The Morgan fingerprint density at radius 1 is 1.33 bits per heavy atom. The summed E-state index contributed by atoms with van der Waals surface area (Å²) in [6.45, 7) is 6.09. The van der Waals surface area contributed by atoms with Gasteiger partial charge < -0.3 is 15.8 Å². The van der Waals surface area contributed by atoms with Crippen molar-refractivity contribution in [1.29, 1.82) is 0 Å². The van der Waals surface area contributed by atoms with Gasteiger partial charge in [-0.15, -0.1) is 0 Å². The van der Waals surface area contributed by atoms with E-state index in [0.717, 1.165) is 13.0 Å². The first kappa shape index (κ1) is 14.5. The fourth-order valence-corrected chi connectivity index (χ4v) is 1.46.